The van der Waals surface area contributed by atoms with Crippen molar-refractivity contribution in [2.75, 3.05) is 37.9 Å². The number of benzene rings is 1. The topological polar surface area (TPSA) is 70.7 Å². The Morgan fingerprint density at radius 2 is 2.16 bits per heavy atom. The van der Waals surface area contributed by atoms with Gasteiger partial charge >= 0.3 is 0 Å². The summed E-state index contributed by atoms with van der Waals surface area (Å²) >= 11 is 1.80. The van der Waals surface area contributed by atoms with Crippen LogP contribution in [0.3, 0.4) is 0 Å². The fourth-order valence-electron chi connectivity index (χ4n) is 3.09. The summed E-state index contributed by atoms with van der Waals surface area (Å²) < 4.78 is 5.53. The van der Waals surface area contributed by atoms with Crippen molar-refractivity contribution in [3.63, 3.8) is 0 Å². The number of carbonyl (C=O) groups excluding carboxylic acids is 2. The molecule has 2 fully saturated rings. The second-order valence-electron chi connectivity index (χ2n) is 6.42. The maximum Gasteiger partial charge on any atom is 0.240 e. The van der Waals surface area contributed by atoms with Crippen molar-refractivity contribution in [3.8, 4) is 5.75 Å². The van der Waals surface area contributed by atoms with Gasteiger partial charge in [0.25, 0.3) is 0 Å². The summed E-state index contributed by atoms with van der Waals surface area (Å²) in [7, 11) is 0. The number of para-hydroxylation sites is 1. The molecule has 0 aromatic heterocycles. The molecule has 2 saturated heterocycles. The van der Waals surface area contributed by atoms with Gasteiger partial charge < -0.3 is 20.3 Å². The number of hydrogen-bond donors (Lipinski definition) is 2. The summed E-state index contributed by atoms with van der Waals surface area (Å²) in [6.45, 7) is 2.60. The van der Waals surface area contributed by atoms with Crippen LogP contribution in [0.5, 0.6) is 5.75 Å². The second-order valence-corrected chi connectivity index (χ2v) is 7.49. The SMILES string of the molecule is O=C(CCOc1ccccc1)NC[C@@H]1CN[C@H](C(=O)N2CCSC2)C1. The van der Waals surface area contributed by atoms with Gasteiger partial charge in [0.1, 0.15) is 5.75 Å². The summed E-state index contributed by atoms with van der Waals surface area (Å²) in [5.41, 5.74) is 0. The molecule has 0 aliphatic carbocycles. The molecule has 0 radical (unpaired) electrons. The van der Waals surface area contributed by atoms with Crippen molar-refractivity contribution in [1.82, 2.24) is 15.5 Å². The minimum absolute atomic E-state index is 0.0124. The average molecular weight is 363 g/mol. The maximum absolute atomic E-state index is 12.4. The van der Waals surface area contributed by atoms with E-state index < -0.39 is 0 Å². The van der Waals surface area contributed by atoms with Crippen LogP contribution in [0.25, 0.3) is 0 Å². The van der Waals surface area contributed by atoms with Gasteiger partial charge in [-0.25, -0.2) is 0 Å². The fraction of sp³-hybridized carbons (Fsp3) is 0.556. The molecule has 136 valence electrons. The first-order valence-electron chi connectivity index (χ1n) is 8.77. The monoisotopic (exact) mass is 363 g/mol. The minimum atomic E-state index is -0.0954. The highest BCUT2D eigenvalue weighted by molar-refractivity contribution is 7.99. The van der Waals surface area contributed by atoms with Crippen LogP contribution < -0.4 is 15.4 Å². The Balaban J connectivity index is 1.31. The van der Waals surface area contributed by atoms with Gasteiger partial charge in [0.05, 0.1) is 24.9 Å². The predicted octanol–water partition coefficient (Wildman–Crippen LogP) is 1.08. The zero-order valence-corrected chi connectivity index (χ0v) is 15.1. The second kappa shape index (κ2) is 9.10. The Hall–Kier alpha value is -1.73. The highest BCUT2D eigenvalue weighted by Crippen LogP contribution is 2.20. The Bertz CT molecular complexity index is 578. The molecule has 2 heterocycles. The molecule has 0 unspecified atom stereocenters. The smallest absolute Gasteiger partial charge is 0.240 e. The molecule has 1 aromatic carbocycles. The average Bonchev–Trinajstić information content (AvgIpc) is 3.32. The summed E-state index contributed by atoms with van der Waals surface area (Å²) in [5.74, 6) is 3.11. The van der Waals surface area contributed by atoms with Crippen molar-refractivity contribution < 1.29 is 14.3 Å². The lowest BCUT2D eigenvalue weighted by Crippen LogP contribution is -2.42. The summed E-state index contributed by atoms with van der Waals surface area (Å²) in [5, 5.41) is 6.25. The Labute approximate surface area is 152 Å². The minimum Gasteiger partial charge on any atom is -0.493 e. The first-order valence-corrected chi connectivity index (χ1v) is 9.92. The van der Waals surface area contributed by atoms with Crippen LogP contribution in [0.2, 0.25) is 0 Å². The van der Waals surface area contributed by atoms with Crippen molar-refractivity contribution in [3.05, 3.63) is 30.3 Å². The molecular weight excluding hydrogens is 338 g/mol. The van der Waals surface area contributed by atoms with Crippen LogP contribution >= 0.6 is 11.8 Å². The molecule has 2 aliphatic heterocycles. The van der Waals surface area contributed by atoms with Crippen molar-refractivity contribution in [2.24, 2.45) is 5.92 Å². The Kier molecular flexibility index (Phi) is 6.58. The van der Waals surface area contributed by atoms with E-state index in [1.807, 2.05) is 35.2 Å². The number of nitrogens with one attached hydrogen (secondary N) is 2. The lowest BCUT2D eigenvalue weighted by Gasteiger charge is -2.19. The summed E-state index contributed by atoms with van der Waals surface area (Å²) in [4.78, 5) is 26.2. The number of nitrogens with zero attached hydrogens (tertiary/aromatic N) is 1. The van der Waals surface area contributed by atoms with Gasteiger partial charge in [0.2, 0.25) is 11.8 Å². The van der Waals surface area contributed by atoms with Gasteiger partial charge in [-0.05, 0) is 24.5 Å². The molecule has 3 rings (SSSR count). The Morgan fingerprint density at radius 1 is 1.32 bits per heavy atom. The quantitative estimate of drug-likeness (QED) is 0.759. The van der Waals surface area contributed by atoms with Crippen molar-refractivity contribution >= 4 is 23.6 Å². The molecule has 0 spiro atoms. The highest BCUT2D eigenvalue weighted by atomic mass is 32.2. The first-order chi connectivity index (χ1) is 12.2. The van der Waals surface area contributed by atoms with Gasteiger partial charge in [0.15, 0.2) is 0 Å². The van der Waals surface area contributed by atoms with Crippen LogP contribution in [0.15, 0.2) is 30.3 Å². The molecule has 6 nitrogen and oxygen atoms in total. The van der Waals surface area contributed by atoms with Gasteiger partial charge in [-0.15, -0.1) is 11.8 Å². The highest BCUT2D eigenvalue weighted by Gasteiger charge is 2.33. The predicted molar refractivity (Wildman–Crippen MR) is 98.5 cm³/mol. The molecular formula is C18H25N3O3S. The van der Waals surface area contributed by atoms with Gasteiger partial charge in [-0.1, -0.05) is 18.2 Å². The first kappa shape index (κ1) is 18.1. The number of amides is 2. The van der Waals surface area contributed by atoms with Gasteiger partial charge in [-0.3, -0.25) is 9.59 Å². The van der Waals surface area contributed by atoms with E-state index in [0.717, 1.165) is 36.9 Å². The van der Waals surface area contributed by atoms with Crippen molar-refractivity contribution in [2.45, 2.75) is 18.9 Å². The normalized spacial score (nSPS) is 22.8. The summed E-state index contributed by atoms with van der Waals surface area (Å²) in [6.07, 6.45) is 1.13. The van der Waals surface area contributed by atoms with E-state index in [-0.39, 0.29) is 17.9 Å². The zero-order chi connectivity index (χ0) is 17.5. The largest absolute Gasteiger partial charge is 0.493 e. The third-order valence-corrected chi connectivity index (χ3v) is 5.48. The molecule has 2 N–H and O–H groups in total. The van der Waals surface area contributed by atoms with Crippen LogP contribution in [-0.4, -0.2) is 60.6 Å². The third kappa shape index (κ3) is 5.37. The van der Waals surface area contributed by atoms with E-state index in [4.69, 9.17) is 4.74 Å². The van der Waals surface area contributed by atoms with Gasteiger partial charge in [-0.2, -0.15) is 0 Å². The molecule has 2 aliphatic rings. The van der Waals surface area contributed by atoms with Crippen molar-refractivity contribution in [1.29, 1.82) is 0 Å². The number of thioether (sulfide) groups is 1. The van der Waals surface area contributed by atoms with Gasteiger partial charge in [0, 0.05) is 25.4 Å². The number of rotatable bonds is 7. The molecule has 7 heteroatoms. The maximum atomic E-state index is 12.4. The fourth-order valence-corrected chi connectivity index (χ4v) is 4.04. The Morgan fingerprint density at radius 3 is 2.92 bits per heavy atom. The lowest BCUT2D eigenvalue weighted by atomic mass is 10.0. The number of ether oxygens (including phenoxy) is 1. The van der Waals surface area contributed by atoms with E-state index in [2.05, 4.69) is 10.6 Å². The van der Waals surface area contributed by atoms with E-state index >= 15 is 0 Å². The molecule has 2 amide bonds. The van der Waals surface area contributed by atoms with Crippen LogP contribution in [0.1, 0.15) is 12.8 Å². The summed E-state index contributed by atoms with van der Waals surface area (Å²) in [6, 6.07) is 9.38. The lowest BCUT2D eigenvalue weighted by molar-refractivity contribution is -0.131. The zero-order valence-electron chi connectivity index (χ0n) is 14.3. The van der Waals surface area contributed by atoms with Crippen LogP contribution in [0.4, 0.5) is 0 Å². The number of hydrogen-bond acceptors (Lipinski definition) is 5. The number of carbonyl (C=O) groups is 2. The van der Waals surface area contributed by atoms with E-state index in [1.54, 1.807) is 11.8 Å². The van der Waals surface area contributed by atoms with E-state index in [0.29, 0.717) is 25.5 Å². The third-order valence-electron chi connectivity index (χ3n) is 4.51. The van der Waals surface area contributed by atoms with Crippen LogP contribution in [-0.2, 0) is 9.59 Å². The van der Waals surface area contributed by atoms with Crippen LogP contribution in [0, 0.1) is 5.92 Å². The molecule has 25 heavy (non-hydrogen) atoms. The molecule has 2 atom stereocenters. The standard InChI is InChI=1S/C18H25N3O3S/c22-17(6-8-24-15-4-2-1-3-5-15)20-12-14-10-16(19-11-14)18(23)21-7-9-25-13-21/h1-5,14,16,19H,6-13H2,(H,20,22)/t14-,16-/m0/s1. The van der Waals surface area contributed by atoms with E-state index in [9.17, 15) is 9.59 Å². The molecule has 0 bridgehead atoms. The molecule has 0 saturated carbocycles. The van der Waals surface area contributed by atoms with E-state index in [1.165, 1.54) is 0 Å². The molecule has 1 aromatic rings.